The molecule has 0 aliphatic carbocycles. The van der Waals surface area contributed by atoms with Crippen LogP contribution in [0.5, 0.6) is 0 Å². The average Bonchev–Trinajstić information content (AvgIpc) is 3.02. The van der Waals surface area contributed by atoms with E-state index < -0.39 is 6.04 Å². The highest BCUT2D eigenvalue weighted by atomic mass is 16.2. The molecule has 0 bridgehead atoms. The number of hydrogen-bond donors (Lipinski definition) is 2. The topological polar surface area (TPSA) is 67.9 Å². The zero-order valence-corrected chi connectivity index (χ0v) is 23.8. The van der Waals surface area contributed by atoms with E-state index in [4.69, 9.17) is 0 Å². The molecule has 3 aromatic carbocycles. The molecule has 2 saturated heterocycles. The molecule has 2 aliphatic heterocycles. The fourth-order valence-corrected chi connectivity index (χ4v) is 5.52. The number of benzene rings is 3. The van der Waals surface area contributed by atoms with Gasteiger partial charge in [-0.2, -0.15) is 0 Å². The minimum absolute atomic E-state index is 0.0113. The van der Waals surface area contributed by atoms with Crippen LogP contribution in [0.3, 0.4) is 0 Å². The Morgan fingerprint density at radius 3 is 1.90 bits per heavy atom. The largest absolute Gasteiger partial charge is 0.374 e. The molecule has 2 aliphatic rings. The van der Waals surface area contributed by atoms with Crippen molar-refractivity contribution in [1.29, 1.82) is 0 Å². The van der Waals surface area contributed by atoms with Gasteiger partial charge in [-0.15, -0.1) is 0 Å². The summed E-state index contributed by atoms with van der Waals surface area (Å²) in [5.41, 5.74) is 4.06. The zero-order chi connectivity index (χ0) is 28.3. The summed E-state index contributed by atoms with van der Waals surface area (Å²) in [6, 6.07) is 29.8. The van der Waals surface area contributed by atoms with Gasteiger partial charge in [0.15, 0.2) is 0 Å². The molecule has 2 fully saturated rings. The Balaban J connectivity index is 1.29. The lowest BCUT2D eigenvalue weighted by Gasteiger charge is -2.36. The van der Waals surface area contributed by atoms with Crippen molar-refractivity contribution in [3.63, 3.8) is 0 Å². The van der Waals surface area contributed by atoms with Gasteiger partial charge in [0.2, 0.25) is 11.8 Å². The second kappa shape index (κ2) is 14.6. The second-order valence-corrected chi connectivity index (χ2v) is 10.9. The van der Waals surface area contributed by atoms with Crippen LogP contribution in [0.25, 0.3) is 0 Å². The predicted octanol–water partition coefficient (Wildman–Crippen LogP) is 3.09. The molecule has 1 atom stereocenters. The van der Waals surface area contributed by atoms with Gasteiger partial charge in [-0.25, -0.2) is 0 Å². The molecule has 7 nitrogen and oxygen atoms in total. The van der Waals surface area contributed by atoms with Gasteiger partial charge >= 0.3 is 0 Å². The Hall–Kier alpha value is -3.94. The van der Waals surface area contributed by atoms with Crippen LogP contribution >= 0.6 is 0 Å². The smallest absolute Gasteiger partial charge is 0.249 e. The van der Waals surface area contributed by atoms with Gasteiger partial charge in [-0.05, 0) is 16.7 Å². The Labute approximate surface area is 243 Å². The van der Waals surface area contributed by atoms with Crippen LogP contribution < -0.4 is 10.6 Å². The minimum Gasteiger partial charge on any atom is -0.374 e. The van der Waals surface area contributed by atoms with Gasteiger partial charge in [-0.3, -0.25) is 14.5 Å². The van der Waals surface area contributed by atoms with Crippen molar-refractivity contribution >= 4 is 11.8 Å². The molecule has 41 heavy (non-hydrogen) atoms. The standard InChI is InChI=1S/C34H41N5O2/c40-33(31(24-28-10-4-1-5-11-28)27-37-18-16-35-17-19-37)36-32(25-29-12-6-2-7-13-29)34(41)39-22-20-38(21-23-39)26-30-14-8-3-9-15-30/h1-15,27,32,35H,16-26H2,(H,36,40). The molecule has 0 saturated carbocycles. The van der Waals surface area contributed by atoms with E-state index in [2.05, 4.69) is 44.7 Å². The zero-order valence-electron chi connectivity index (χ0n) is 23.8. The molecule has 2 amide bonds. The lowest BCUT2D eigenvalue weighted by Crippen LogP contribution is -2.55. The van der Waals surface area contributed by atoms with Gasteiger partial charge in [0.25, 0.3) is 0 Å². The highest BCUT2D eigenvalue weighted by Gasteiger charge is 2.30. The third-order valence-electron chi connectivity index (χ3n) is 7.84. The summed E-state index contributed by atoms with van der Waals surface area (Å²) in [6.07, 6.45) is 2.97. The maximum absolute atomic E-state index is 13.9. The van der Waals surface area contributed by atoms with E-state index >= 15 is 0 Å². The van der Waals surface area contributed by atoms with E-state index in [1.54, 1.807) is 0 Å². The normalized spacial score (nSPS) is 17.2. The fourth-order valence-electron chi connectivity index (χ4n) is 5.52. The van der Waals surface area contributed by atoms with Crippen molar-refractivity contribution in [2.24, 2.45) is 0 Å². The van der Waals surface area contributed by atoms with Crippen molar-refractivity contribution in [2.45, 2.75) is 25.4 Å². The molecule has 7 heteroatoms. The van der Waals surface area contributed by atoms with E-state index in [9.17, 15) is 9.59 Å². The van der Waals surface area contributed by atoms with Crippen LogP contribution in [0.2, 0.25) is 0 Å². The monoisotopic (exact) mass is 551 g/mol. The minimum atomic E-state index is -0.632. The Bertz CT molecular complexity index is 1270. The maximum Gasteiger partial charge on any atom is 0.249 e. The summed E-state index contributed by atoms with van der Waals surface area (Å²) in [5.74, 6) is -0.188. The summed E-state index contributed by atoms with van der Waals surface area (Å²) >= 11 is 0. The SMILES string of the molecule is O=C(NC(Cc1ccccc1)C(=O)N1CCN(Cc2ccccc2)CC1)C(=CN1CCNCC1)Cc1ccccc1. The first-order chi connectivity index (χ1) is 20.1. The van der Waals surface area contributed by atoms with Gasteiger partial charge in [0.05, 0.1) is 0 Å². The van der Waals surface area contributed by atoms with Crippen LogP contribution in [-0.4, -0.2) is 84.9 Å². The summed E-state index contributed by atoms with van der Waals surface area (Å²) in [5, 5.41) is 6.54. The van der Waals surface area contributed by atoms with Crippen molar-refractivity contribution in [1.82, 2.24) is 25.3 Å². The molecule has 2 N–H and O–H groups in total. The van der Waals surface area contributed by atoms with E-state index in [1.807, 2.05) is 77.8 Å². The third-order valence-corrected chi connectivity index (χ3v) is 7.84. The molecule has 1 unspecified atom stereocenters. The number of carbonyl (C=O) groups excluding carboxylic acids is 2. The molecule has 2 heterocycles. The van der Waals surface area contributed by atoms with Gasteiger partial charge in [0.1, 0.15) is 6.04 Å². The third kappa shape index (κ3) is 8.52. The molecule has 0 radical (unpaired) electrons. The summed E-state index contributed by atoms with van der Waals surface area (Å²) in [7, 11) is 0. The number of hydrogen-bond acceptors (Lipinski definition) is 5. The first-order valence-electron chi connectivity index (χ1n) is 14.7. The Kier molecular flexibility index (Phi) is 10.2. The van der Waals surface area contributed by atoms with Crippen molar-refractivity contribution < 1.29 is 9.59 Å². The van der Waals surface area contributed by atoms with Crippen molar-refractivity contribution in [3.05, 3.63) is 119 Å². The molecular weight excluding hydrogens is 510 g/mol. The van der Waals surface area contributed by atoms with Crippen LogP contribution in [-0.2, 0) is 29.0 Å². The van der Waals surface area contributed by atoms with E-state index in [0.29, 0.717) is 31.5 Å². The first-order valence-corrected chi connectivity index (χ1v) is 14.7. The number of piperazine rings is 2. The number of nitrogens with zero attached hydrogens (tertiary/aromatic N) is 3. The highest BCUT2D eigenvalue weighted by Crippen LogP contribution is 2.15. The quantitative estimate of drug-likeness (QED) is 0.379. The van der Waals surface area contributed by atoms with Gasteiger partial charge < -0.3 is 20.4 Å². The van der Waals surface area contributed by atoms with E-state index in [1.165, 1.54) is 5.56 Å². The number of rotatable bonds is 10. The van der Waals surface area contributed by atoms with Crippen molar-refractivity contribution in [2.75, 3.05) is 52.4 Å². The van der Waals surface area contributed by atoms with Gasteiger partial charge in [-0.1, -0.05) is 91.0 Å². The van der Waals surface area contributed by atoms with Crippen LogP contribution in [0.15, 0.2) is 103 Å². The predicted molar refractivity (Wildman–Crippen MR) is 163 cm³/mol. The molecule has 0 aromatic heterocycles. The Morgan fingerprint density at radius 2 is 1.29 bits per heavy atom. The average molecular weight is 552 g/mol. The van der Waals surface area contributed by atoms with Gasteiger partial charge in [0, 0.05) is 83.5 Å². The second-order valence-electron chi connectivity index (χ2n) is 10.9. The Morgan fingerprint density at radius 1 is 0.732 bits per heavy atom. The maximum atomic E-state index is 13.9. The molecule has 214 valence electrons. The van der Waals surface area contributed by atoms with Crippen LogP contribution in [0.4, 0.5) is 0 Å². The summed E-state index contributed by atoms with van der Waals surface area (Å²) in [4.78, 5) is 34.3. The molecule has 3 aromatic rings. The highest BCUT2D eigenvalue weighted by molar-refractivity contribution is 5.97. The lowest BCUT2D eigenvalue weighted by atomic mass is 10.0. The first kappa shape index (κ1) is 28.6. The van der Waals surface area contributed by atoms with Crippen molar-refractivity contribution in [3.8, 4) is 0 Å². The number of amides is 2. The van der Waals surface area contributed by atoms with Crippen LogP contribution in [0.1, 0.15) is 16.7 Å². The van der Waals surface area contributed by atoms with E-state index in [0.717, 1.165) is 56.9 Å². The summed E-state index contributed by atoms with van der Waals surface area (Å²) in [6.45, 7) is 7.30. The number of nitrogens with one attached hydrogen (secondary N) is 2. The molecule has 0 spiro atoms. The lowest BCUT2D eigenvalue weighted by molar-refractivity contribution is -0.137. The molecule has 5 rings (SSSR count). The fraction of sp³-hybridized carbons (Fsp3) is 0.353. The van der Waals surface area contributed by atoms with E-state index in [-0.39, 0.29) is 11.8 Å². The summed E-state index contributed by atoms with van der Waals surface area (Å²) < 4.78 is 0. The van der Waals surface area contributed by atoms with Crippen LogP contribution in [0, 0.1) is 0 Å². The number of carbonyl (C=O) groups is 2. The molecular formula is C34H41N5O2.